The van der Waals surface area contributed by atoms with Gasteiger partial charge in [0.1, 0.15) is 5.84 Å². The molecule has 1 aliphatic heterocycles. The number of nitrogen functional groups attached to an aromatic ring is 1. The number of hydroxylamine groups is 1. The Bertz CT molecular complexity index is 1470. The first-order chi connectivity index (χ1) is 17.6. The first-order valence-electron chi connectivity index (χ1n) is 11.3. The van der Waals surface area contributed by atoms with Crippen molar-refractivity contribution in [3.05, 3.63) is 90.0 Å². The number of hydrogen-bond donors (Lipinski definition) is 5. The van der Waals surface area contributed by atoms with Gasteiger partial charge in [-0.2, -0.15) is 0 Å². The van der Waals surface area contributed by atoms with Crippen LogP contribution in [-0.2, 0) is 24.4 Å². The van der Waals surface area contributed by atoms with Crippen molar-refractivity contribution >= 4 is 33.2 Å². The van der Waals surface area contributed by atoms with E-state index in [-0.39, 0.29) is 23.8 Å². The topological polar surface area (TPSA) is 170 Å². The molecule has 3 aromatic carbocycles. The van der Waals surface area contributed by atoms with Crippen LogP contribution in [0.3, 0.4) is 0 Å². The zero-order valence-electron chi connectivity index (χ0n) is 20.0. The average molecular weight is 522 g/mol. The van der Waals surface area contributed by atoms with Crippen LogP contribution in [0.1, 0.15) is 17.5 Å². The molecule has 7 N–H and O–H groups in total. The van der Waals surface area contributed by atoms with Gasteiger partial charge in [0.2, 0.25) is 10.0 Å². The molecule has 1 amide bonds. The molecule has 0 radical (unpaired) electrons. The zero-order valence-corrected chi connectivity index (χ0v) is 20.8. The largest absolute Gasteiger partial charge is 0.385 e. The molecule has 0 spiro atoms. The molecule has 10 nitrogen and oxygen atoms in total. The molecule has 1 aliphatic rings. The molecule has 1 unspecified atom stereocenters. The molecule has 1 heterocycles. The van der Waals surface area contributed by atoms with Gasteiger partial charge in [0.25, 0.3) is 5.91 Å². The van der Waals surface area contributed by atoms with E-state index >= 15 is 0 Å². The minimum absolute atomic E-state index is 0.0160. The Kier molecular flexibility index (Phi) is 7.41. The fourth-order valence-corrected chi connectivity index (χ4v) is 4.72. The number of hydrogen-bond acceptors (Lipinski definition) is 7. The van der Waals surface area contributed by atoms with Gasteiger partial charge in [-0.15, -0.1) is 0 Å². The Hall–Kier alpha value is -4.03. The van der Waals surface area contributed by atoms with Crippen LogP contribution in [0.2, 0.25) is 0 Å². The average Bonchev–Trinajstić information content (AvgIpc) is 3.33. The summed E-state index contributed by atoms with van der Waals surface area (Å²) in [5, 5.41) is 15.9. The smallest absolute Gasteiger partial charge is 0.263 e. The van der Waals surface area contributed by atoms with Gasteiger partial charge in [-0.3, -0.25) is 20.5 Å². The van der Waals surface area contributed by atoms with Gasteiger partial charge in [0.15, 0.2) is 5.60 Å². The number of amides is 1. The van der Waals surface area contributed by atoms with E-state index in [0.29, 0.717) is 33.6 Å². The normalized spacial score (nSPS) is 17.1. The Balaban J connectivity index is 1.59. The summed E-state index contributed by atoms with van der Waals surface area (Å²) in [6.07, 6.45) is 1.91. The summed E-state index contributed by atoms with van der Waals surface area (Å²) in [7, 11) is -2.37. The molecule has 37 heavy (non-hydrogen) atoms. The number of nitrogens with one attached hydrogen (secondary N) is 3. The number of methoxy groups -OCH3 is 1. The number of ether oxygens (including phenoxy) is 1. The van der Waals surface area contributed by atoms with E-state index in [2.05, 4.69) is 10.8 Å². The Morgan fingerprint density at radius 3 is 2.49 bits per heavy atom. The molecule has 0 saturated heterocycles. The van der Waals surface area contributed by atoms with Crippen molar-refractivity contribution in [2.45, 2.75) is 16.9 Å². The van der Waals surface area contributed by atoms with E-state index in [1.807, 2.05) is 6.07 Å². The third kappa shape index (κ3) is 5.70. The third-order valence-electron chi connectivity index (χ3n) is 5.91. The van der Waals surface area contributed by atoms with Crippen molar-refractivity contribution in [3.63, 3.8) is 0 Å². The van der Waals surface area contributed by atoms with Crippen LogP contribution in [0.25, 0.3) is 16.8 Å². The molecule has 0 saturated carbocycles. The van der Waals surface area contributed by atoms with E-state index in [0.717, 1.165) is 0 Å². The lowest BCUT2D eigenvalue weighted by Gasteiger charge is -2.24. The molecular formula is C26H27N5O5S. The number of nitrogens with two attached hydrogens (primary N) is 2. The fraction of sp³-hybridized carbons (Fsp3) is 0.154. The molecule has 1 atom stereocenters. The number of amidine groups is 1. The third-order valence-corrected chi connectivity index (χ3v) is 6.88. The van der Waals surface area contributed by atoms with Crippen LogP contribution < -0.4 is 21.7 Å². The number of sulfonamides is 1. The number of carbonyl (C=O) groups is 1. The van der Waals surface area contributed by atoms with Gasteiger partial charge in [-0.25, -0.2) is 13.6 Å². The minimum atomic E-state index is -3.90. The summed E-state index contributed by atoms with van der Waals surface area (Å²) < 4.78 is 29.1. The number of benzene rings is 3. The number of primary sulfonamides is 1. The van der Waals surface area contributed by atoms with Gasteiger partial charge in [-0.1, -0.05) is 48.5 Å². The van der Waals surface area contributed by atoms with Gasteiger partial charge >= 0.3 is 0 Å². The monoisotopic (exact) mass is 521 g/mol. The highest BCUT2D eigenvalue weighted by molar-refractivity contribution is 7.89. The molecule has 0 aromatic heterocycles. The van der Waals surface area contributed by atoms with Crippen LogP contribution in [0.15, 0.2) is 83.8 Å². The molecule has 11 heteroatoms. The molecule has 192 valence electrons. The lowest BCUT2D eigenvalue weighted by molar-refractivity contribution is -0.140. The maximum absolute atomic E-state index is 13.4. The minimum Gasteiger partial charge on any atom is -0.385 e. The number of rotatable bonds is 9. The van der Waals surface area contributed by atoms with Gasteiger partial charge in [0.05, 0.1) is 10.6 Å². The van der Waals surface area contributed by atoms with Gasteiger partial charge < -0.3 is 15.8 Å². The van der Waals surface area contributed by atoms with Crippen molar-refractivity contribution < 1.29 is 22.8 Å². The van der Waals surface area contributed by atoms with E-state index in [1.54, 1.807) is 66.7 Å². The first kappa shape index (κ1) is 26.0. The van der Waals surface area contributed by atoms with Crippen LogP contribution in [-0.4, -0.2) is 39.5 Å². The molecule has 0 aliphatic carbocycles. The number of carbonyl (C=O) groups excluding carboxylic acids is 1. The second kappa shape index (κ2) is 10.5. The van der Waals surface area contributed by atoms with E-state index in [4.69, 9.17) is 25.9 Å². The van der Waals surface area contributed by atoms with E-state index in [1.165, 1.54) is 13.2 Å². The van der Waals surface area contributed by atoms with Gasteiger partial charge in [-0.05, 0) is 35.9 Å². The van der Waals surface area contributed by atoms with E-state index in [9.17, 15) is 13.2 Å². The Morgan fingerprint density at radius 2 is 1.81 bits per heavy atom. The van der Waals surface area contributed by atoms with Crippen LogP contribution in [0, 0.1) is 5.41 Å². The van der Waals surface area contributed by atoms with Crippen molar-refractivity contribution in [2.24, 2.45) is 10.9 Å². The Labute approximate surface area is 214 Å². The second-order valence-electron chi connectivity index (χ2n) is 8.46. The van der Waals surface area contributed by atoms with Crippen LogP contribution >= 0.6 is 0 Å². The summed E-state index contributed by atoms with van der Waals surface area (Å²) >= 11 is 0. The second-order valence-corrected chi connectivity index (χ2v) is 9.99. The summed E-state index contributed by atoms with van der Waals surface area (Å²) in [6.45, 7) is 0.260. The standard InChI is InChI=1S/C26H27N5O5S/c1-35-14-13-26(16-22(31-36-26)18-5-4-6-19(15-18)24(27)28)25(32)30-20-11-9-17(10-12-20)21-7-2-3-8-23(21)37(29,33)34/h2-12,15-16,31H,13-14H2,1H3,(H3,27,28)(H,30,32)(H2,29,33,34). The number of anilines is 1. The van der Waals surface area contributed by atoms with Crippen molar-refractivity contribution in [2.75, 3.05) is 19.0 Å². The van der Waals surface area contributed by atoms with Crippen LogP contribution in [0.4, 0.5) is 5.69 Å². The zero-order chi connectivity index (χ0) is 26.6. The summed E-state index contributed by atoms with van der Waals surface area (Å²) in [5.41, 5.74) is 10.5. The highest BCUT2D eigenvalue weighted by Gasteiger charge is 2.43. The van der Waals surface area contributed by atoms with Crippen molar-refractivity contribution in [3.8, 4) is 11.1 Å². The summed E-state index contributed by atoms with van der Waals surface area (Å²) in [4.78, 5) is 19.2. The van der Waals surface area contributed by atoms with Gasteiger partial charge in [0, 0.05) is 42.5 Å². The van der Waals surface area contributed by atoms with E-state index < -0.39 is 21.5 Å². The molecule has 3 aromatic rings. The fourth-order valence-electron chi connectivity index (χ4n) is 3.96. The quantitative estimate of drug-likeness (QED) is 0.213. The first-order valence-corrected chi connectivity index (χ1v) is 12.8. The summed E-state index contributed by atoms with van der Waals surface area (Å²) in [5.74, 6) is -0.493. The lowest BCUT2D eigenvalue weighted by atomic mass is 9.96. The summed E-state index contributed by atoms with van der Waals surface area (Å²) in [6, 6.07) is 20.2. The Morgan fingerprint density at radius 1 is 1.08 bits per heavy atom. The lowest BCUT2D eigenvalue weighted by Crippen LogP contribution is -2.44. The van der Waals surface area contributed by atoms with Crippen molar-refractivity contribution in [1.82, 2.24) is 5.48 Å². The highest BCUT2D eigenvalue weighted by atomic mass is 32.2. The maximum atomic E-state index is 13.4. The highest BCUT2D eigenvalue weighted by Crippen LogP contribution is 2.32. The molecule has 0 fully saturated rings. The molecule has 0 bridgehead atoms. The maximum Gasteiger partial charge on any atom is 0.263 e. The predicted octanol–water partition coefficient (Wildman–Crippen LogP) is 2.57. The van der Waals surface area contributed by atoms with Crippen molar-refractivity contribution in [1.29, 1.82) is 5.41 Å². The molecule has 4 rings (SSSR count). The SMILES string of the molecule is COCCC1(C(=O)Nc2ccc(-c3ccccc3S(N)(=O)=O)cc2)C=C(c2cccc(C(=N)N)c2)NO1. The predicted molar refractivity (Wildman–Crippen MR) is 141 cm³/mol. The molecular weight excluding hydrogens is 494 g/mol. The van der Waals surface area contributed by atoms with Crippen LogP contribution in [0.5, 0.6) is 0 Å².